The van der Waals surface area contributed by atoms with Gasteiger partial charge in [0, 0.05) is 70.9 Å². The largest absolute Gasteiger partial charge is 0.444 e. The van der Waals surface area contributed by atoms with Gasteiger partial charge in [0.05, 0.1) is 11.7 Å². The third kappa shape index (κ3) is 8.90. The highest BCUT2D eigenvalue weighted by molar-refractivity contribution is 5.97. The number of benzene rings is 1. The number of likely N-dealkylation sites (N-methyl/N-ethyl adjacent to an activating group) is 1. The maximum absolute atomic E-state index is 14.3. The number of aromatic nitrogens is 3. The van der Waals surface area contributed by atoms with Gasteiger partial charge in [-0.3, -0.25) is 9.69 Å². The molecule has 1 spiro atoms. The molecular formula is C35H54FN7O5. The number of halogens is 1. The Hall–Kier alpha value is -3.58. The van der Waals surface area contributed by atoms with Crippen molar-refractivity contribution in [3.63, 3.8) is 0 Å². The summed E-state index contributed by atoms with van der Waals surface area (Å²) in [5.74, 6) is 0.480. The summed E-state index contributed by atoms with van der Waals surface area (Å²) in [6.45, 7) is 20.1. The van der Waals surface area contributed by atoms with E-state index in [1.807, 2.05) is 41.5 Å². The molecule has 4 rings (SSSR count). The zero-order valence-electron chi connectivity index (χ0n) is 30.3. The van der Waals surface area contributed by atoms with Crippen LogP contribution in [0.4, 0.5) is 15.0 Å². The van der Waals surface area contributed by atoms with E-state index in [4.69, 9.17) is 14.2 Å². The first-order valence-electron chi connectivity index (χ1n) is 17.0. The number of carbonyl (C=O) groups is 2. The second-order valence-electron chi connectivity index (χ2n) is 14.9. The van der Waals surface area contributed by atoms with E-state index in [9.17, 15) is 14.0 Å². The smallest absolute Gasteiger partial charge is 0.410 e. The SMILES string of the molecule is CCN(C(=O)c1cc(F)ccc1Oc1nncnc1N1CCC2(C1)CN([C@H](CC(CN(C)C(=O)OC(C)(C)C)OC)C(C)C)C2)C(C)C. The van der Waals surface area contributed by atoms with E-state index in [-0.39, 0.29) is 52.8 Å². The summed E-state index contributed by atoms with van der Waals surface area (Å²) >= 11 is 0. The molecule has 0 saturated carbocycles. The summed E-state index contributed by atoms with van der Waals surface area (Å²) in [6.07, 6.45) is 2.67. The minimum Gasteiger partial charge on any atom is -0.444 e. The Bertz CT molecular complexity index is 1410. The summed E-state index contributed by atoms with van der Waals surface area (Å²) in [5.41, 5.74) is -0.348. The van der Waals surface area contributed by atoms with Crippen LogP contribution in [-0.4, -0.2) is 119 Å². The molecule has 48 heavy (non-hydrogen) atoms. The number of hydrogen-bond acceptors (Lipinski definition) is 10. The summed E-state index contributed by atoms with van der Waals surface area (Å²) < 4.78 is 31.9. The van der Waals surface area contributed by atoms with Crippen LogP contribution in [0.1, 0.15) is 78.6 Å². The highest BCUT2D eigenvalue weighted by atomic mass is 19.1. The van der Waals surface area contributed by atoms with E-state index in [0.717, 1.165) is 39.0 Å². The van der Waals surface area contributed by atoms with Crippen molar-refractivity contribution in [2.75, 3.05) is 58.3 Å². The lowest BCUT2D eigenvalue weighted by atomic mass is 9.76. The van der Waals surface area contributed by atoms with Crippen LogP contribution in [0.2, 0.25) is 0 Å². The lowest BCUT2D eigenvalue weighted by Gasteiger charge is -2.53. The number of anilines is 1. The van der Waals surface area contributed by atoms with Crippen molar-refractivity contribution in [1.29, 1.82) is 0 Å². The van der Waals surface area contributed by atoms with E-state index in [1.54, 1.807) is 24.0 Å². The van der Waals surface area contributed by atoms with Gasteiger partial charge >= 0.3 is 6.09 Å². The minimum absolute atomic E-state index is 0.0653. The second-order valence-corrected chi connectivity index (χ2v) is 14.9. The van der Waals surface area contributed by atoms with Crippen molar-refractivity contribution < 1.29 is 28.2 Å². The third-order valence-electron chi connectivity index (χ3n) is 9.25. The molecule has 1 aromatic heterocycles. The molecule has 13 heteroatoms. The predicted octanol–water partition coefficient (Wildman–Crippen LogP) is 5.48. The number of rotatable bonds is 13. The molecule has 2 aromatic rings. The van der Waals surface area contributed by atoms with Crippen molar-refractivity contribution in [2.45, 2.75) is 92.0 Å². The Kier molecular flexibility index (Phi) is 11.9. The first-order valence-corrected chi connectivity index (χ1v) is 17.0. The summed E-state index contributed by atoms with van der Waals surface area (Å²) in [5, 5.41) is 8.20. The maximum Gasteiger partial charge on any atom is 0.410 e. The molecule has 2 fully saturated rings. The fourth-order valence-corrected chi connectivity index (χ4v) is 6.80. The summed E-state index contributed by atoms with van der Waals surface area (Å²) in [4.78, 5) is 38.4. The van der Waals surface area contributed by atoms with E-state index in [1.165, 1.54) is 24.5 Å². The Labute approximate surface area is 284 Å². The molecular weight excluding hydrogens is 617 g/mol. The molecule has 266 valence electrons. The average Bonchev–Trinajstić information content (AvgIpc) is 3.44. The number of nitrogens with zero attached hydrogens (tertiary/aromatic N) is 7. The van der Waals surface area contributed by atoms with Gasteiger partial charge in [-0.2, -0.15) is 0 Å². The van der Waals surface area contributed by atoms with Crippen LogP contribution in [-0.2, 0) is 9.47 Å². The normalized spacial score (nSPS) is 17.4. The van der Waals surface area contributed by atoms with Crippen LogP contribution < -0.4 is 9.64 Å². The molecule has 2 saturated heterocycles. The number of ether oxygens (including phenoxy) is 3. The maximum atomic E-state index is 14.3. The fourth-order valence-electron chi connectivity index (χ4n) is 6.80. The topological polar surface area (TPSA) is 113 Å². The number of methoxy groups -OCH3 is 1. The minimum atomic E-state index is -0.558. The number of likely N-dealkylation sites (tertiary alicyclic amines) is 1. The molecule has 0 N–H and O–H groups in total. The van der Waals surface area contributed by atoms with E-state index in [2.05, 4.69) is 38.8 Å². The average molecular weight is 672 g/mol. The van der Waals surface area contributed by atoms with Crippen molar-refractivity contribution in [3.05, 3.63) is 35.9 Å². The Morgan fingerprint density at radius 2 is 1.83 bits per heavy atom. The molecule has 2 aliphatic heterocycles. The zero-order valence-corrected chi connectivity index (χ0v) is 30.3. The number of hydrogen-bond donors (Lipinski definition) is 0. The van der Waals surface area contributed by atoms with Gasteiger partial charge in [-0.1, -0.05) is 13.8 Å². The van der Waals surface area contributed by atoms with Gasteiger partial charge in [-0.25, -0.2) is 14.2 Å². The van der Waals surface area contributed by atoms with Gasteiger partial charge in [0.1, 0.15) is 23.5 Å². The van der Waals surface area contributed by atoms with Crippen molar-refractivity contribution >= 4 is 17.8 Å². The van der Waals surface area contributed by atoms with Crippen molar-refractivity contribution in [2.24, 2.45) is 11.3 Å². The number of carbonyl (C=O) groups excluding carboxylic acids is 2. The van der Waals surface area contributed by atoms with Crippen LogP contribution in [0.5, 0.6) is 11.6 Å². The lowest BCUT2D eigenvalue weighted by molar-refractivity contribution is -0.0543. The quantitative estimate of drug-likeness (QED) is 0.271. The molecule has 3 heterocycles. The molecule has 0 bridgehead atoms. The molecule has 2 aliphatic rings. The van der Waals surface area contributed by atoms with Gasteiger partial charge in [-0.15, -0.1) is 10.2 Å². The van der Waals surface area contributed by atoms with Crippen LogP contribution in [0.3, 0.4) is 0 Å². The van der Waals surface area contributed by atoms with Gasteiger partial charge in [0.2, 0.25) is 0 Å². The summed E-state index contributed by atoms with van der Waals surface area (Å²) in [6, 6.07) is 4.14. The Balaban J connectivity index is 1.43. The summed E-state index contributed by atoms with van der Waals surface area (Å²) in [7, 11) is 3.44. The first kappa shape index (κ1) is 37.2. The van der Waals surface area contributed by atoms with Crippen molar-refractivity contribution in [3.8, 4) is 11.6 Å². The third-order valence-corrected chi connectivity index (χ3v) is 9.25. The highest BCUT2D eigenvalue weighted by Crippen LogP contribution is 2.44. The lowest BCUT2D eigenvalue weighted by Crippen LogP contribution is -2.62. The number of amides is 2. The highest BCUT2D eigenvalue weighted by Gasteiger charge is 2.50. The zero-order chi connectivity index (χ0) is 35.4. The van der Waals surface area contributed by atoms with Gasteiger partial charge in [0.25, 0.3) is 11.8 Å². The molecule has 0 radical (unpaired) electrons. The van der Waals surface area contributed by atoms with Gasteiger partial charge in [0.15, 0.2) is 5.82 Å². The van der Waals surface area contributed by atoms with E-state index >= 15 is 0 Å². The van der Waals surface area contributed by atoms with E-state index < -0.39 is 11.4 Å². The van der Waals surface area contributed by atoms with Crippen LogP contribution in [0.15, 0.2) is 24.5 Å². The van der Waals surface area contributed by atoms with E-state index in [0.29, 0.717) is 24.8 Å². The fraction of sp³-hybridized carbons (Fsp3) is 0.686. The molecule has 2 atom stereocenters. The van der Waals surface area contributed by atoms with Crippen molar-refractivity contribution in [1.82, 2.24) is 29.9 Å². The van der Waals surface area contributed by atoms with Gasteiger partial charge in [-0.05, 0) is 78.5 Å². The Morgan fingerprint density at radius 1 is 1.12 bits per heavy atom. The molecule has 1 aromatic carbocycles. The molecule has 2 amide bonds. The monoisotopic (exact) mass is 671 g/mol. The Morgan fingerprint density at radius 3 is 2.44 bits per heavy atom. The van der Waals surface area contributed by atoms with Crippen LogP contribution in [0.25, 0.3) is 0 Å². The molecule has 1 unspecified atom stereocenters. The van der Waals surface area contributed by atoms with Gasteiger partial charge < -0.3 is 28.9 Å². The predicted molar refractivity (Wildman–Crippen MR) is 182 cm³/mol. The first-order chi connectivity index (χ1) is 22.6. The second kappa shape index (κ2) is 15.3. The standard InChI is InChI=1S/C35H54FN7O5/c1-11-43(24(4)5)32(44)27-16-25(36)12-13-29(27)47-31-30(37-22-38-39-31)41-15-14-35(19-41)20-42(21-35)28(23(2)3)17-26(46-10)18-40(9)33(45)48-34(6,7)8/h12-13,16,22-24,26,28H,11,14-15,17-21H2,1-10H3/t26?,28-/m1/s1. The molecule has 0 aliphatic carbocycles. The van der Waals surface area contributed by atoms with Crippen LogP contribution in [0, 0.1) is 17.2 Å². The molecule has 12 nitrogen and oxygen atoms in total. The van der Waals surface area contributed by atoms with Crippen LogP contribution >= 0.6 is 0 Å².